The minimum atomic E-state index is -0.649. The van der Waals surface area contributed by atoms with Crippen LogP contribution < -0.4 is 16.7 Å². The summed E-state index contributed by atoms with van der Waals surface area (Å²) in [6.45, 7) is 0. The fraction of sp³-hybridized carbons (Fsp3) is 0. The zero-order valence-electron chi connectivity index (χ0n) is 7.02. The molecule has 0 saturated heterocycles. The molecule has 0 heterocycles. The van der Waals surface area contributed by atoms with Gasteiger partial charge in [0.05, 0.1) is 5.56 Å². The Kier molecular flexibility index (Phi) is 3.24. The summed E-state index contributed by atoms with van der Waals surface area (Å²) in [4.78, 5) is 14.7. The van der Waals surface area contributed by atoms with E-state index in [4.69, 9.17) is 11.1 Å². The van der Waals surface area contributed by atoms with E-state index in [0.29, 0.717) is 0 Å². The molecule has 0 spiro atoms. The fourth-order valence-corrected chi connectivity index (χ4v) is 0.936. The number of phenols is 1. The number of hydrogen-bond acceptors (Lipinski definition) is 6. The number of amides is 1. The molecular weight excluding hydrogens is 190 g/mol. The van der Waals surface area contributed by atoms with Crippen molar-refractivity contribution in [2.24, 2.45) is 5.84 Å². The molecule has 0 aliphatic rings. The lowest BCUT2D eigenvalue weighted by molar-refractivity contribution is -0.215. The molecule has 0 bridgehead atoms. The van der Waals surface area contributed by atoms with Gasteiger partial charge < -0.3 is 5.11 Å². The summed E-state index contributed by atoms with van der Waals surface area (Å²) in [6, 6.07) is 4.24. The zero-order valence-corrected chi connectivity index (χ0v) is 7.02. The second kappa shape index (κ2) is 4.42. The largest absolute Gasteiger partial charge is 0.505 e. The second-order valence-electron chi connectivity index (χ2n) is 2.37. The molecule has 0 aliphatic carbocycles. The SMILES string of the molecule is NNC(=O)c1cccc(NOO)c1O. The predicted octanol–water partition coefficient (Wildman–Crippen LogP) is -0.188. The molecule has 1 aromatic carbocycles. The van der Waals surface area contributed by atoms with Crippen LogP contribution in [0, 0.1) is 0 Å². The molecule has 0 atom stereocenters. The molecule has 7 nitrogen and oxygen atoms in total. The Bertz CT molecular complexity index is 342. The van der Waals surface area contributed by atoms with Gasteiger partial charge in [0.25, 0.3) is 5.91 Å². The number of anilines is 1. The third-order valence-corrected chi connectivity index (χ3v) is 1.57. The quantitative estimate of drug-likeness (QED) is 0.151. The van der Waals surface area contributed by atoms with Crippen LogP contribution in [0.3, 0.4) is 0 Å². The molecule has 1 aromatic rings. The third-order valence-electron chi connectivity index (χ3n) is 1.57. The van der Waals surface area contributed by atoms with Gasteiger partial charge in [-0.15, -0.1) is 4.99 Å². The van der Waals surface area contributed by atoms with Crippen LogP contribution in [0.15, 0.2) is 18.2 Å². The second-order valence-corrected chi connectivity index (χ2v) is 2.37. The maximum Gasteiger partial charge on any atom is 0.269 e. The summed E-state index contributed by atoms with van der Waals surface area (Å²) in [5.41, 5.74) is 3.86. The van der Waals surface area contributed by atoms with Crippen LogP contribution in [0.4, 0.5) is 5.69 Å². The minimum absolute atomic E-state index is 0.0328. The number of nitrogens with two attached hydrogens (primary N) is 1. The minimum Gasteiger partial charge on any atom is -0.505 e. The average molecular weight is 199 g/mol. The fourth-order valence-electron chi connectivity index (χ4n) is 0.936. The number of nitrogen functional groups attached to an aromatic ring is 1. The van der Waals surface area contributed by atoms with E-state index in [0.717, 1.165) is 0 Å². The highest BCUT2D eigenvalue weighted by molar-refractivity contribution is 5.98. The molecule has 7 heteroatoms. The lowest BCUT2D eigenvalue weighted by atomic mass is 10.1. The molecule has 1 rings (SSSR count). The predicted molar refractivity (Wildman–Crippen MR) is 47.1 cm³/mol. The average Bonchev–Trinajstić information content (AvgIpc) is 2.20. The van der Waals surface area contributed by atoms with Crippen molar-refractivity contribution in [2.75, 3.05) is 5.48 Å². The maximum atomic E-state index is 11.1. The molecule has 0 aliphatic heterocycles. The summed E-state index contributed by atoms with van der Waals surface area (Å²) in [5.74, 6) is 3.87. The van der Waals surface area contributed by atoms with Crippen molar-refractivity contribution < 1.29 is 20.1 Å². The lowest BCUT2D eigenvalue weighted by Gasteiger charge is -2.07. The van der Waals surface area contributed by atoms with Crippen LogP contribution in [0.2, 0.25) is 0 Å². The van der Waals surface area contributed by atoms with E-state index in [1.54, 1.807) is 0 Å². The Labute approximate surface area is 79.0 Å². The van der Waals surface area contributed by atoms with Gasteiger partial charge in [0, 0.05) is 0 Å². The lowest BCUT2D eigenvalue weighted by Crippen LogP contribution is -2.30. The topological polar surface area (TPSA) is 117 Å². The highest BCUT2D eigenvalue weighted by Crippen LogP contribution is 2.26. The van der Waals surface area contributed by atoms with E-state index in [2.05, 4.69) is 4.99 Å². The number of carbonyl (C=O) groups excluding carboxylic acids is 1. The molecule has 6 N–H and O–H groups in total. The Balaban J connectivity index is 3.07. The summed E-state index contributed by atoms with van der Waals surface area (Å²) >= 11 is 0. The van der Waals surface area contributed by atoms with Crippen LogP contribution >= 0.6 is 0 Å². The number of aromatic hydroxyl groups is 1. The van der Waals surface area contributed by atoms with Crippen molar-refractivity contribution in [3.8, 4) is 5.75 Å². The van der Waals surface area contributed by atoms with E-state index in [1.807, 2.05) is 10.9 Å². The first-order valence-electron chi connectivity index (χ1n) is 3.60. The first-order valence-corrected chi connectivity index (χ1v) is 3.60. The van der Waals surface area contributed by atoms with Crippen molar-refractivity contribution in [3.63, 3.8) is 0 Å². The molecule has 0 saturated carbocycles. The molecule has 0 radical (unpaired) electrons. The standard InChI is InChI=1S/C7H9N3O4/c8-9-7(12)4-2-1-3-5(6(4)11)10-14-13/h1-3,10-11,13H,8H2,(H,9,12). The van der Waals surface area contributed by atoms with Crippen molar-refractivity contribution >= 4 is 11.6 Å². The van der Waals surface area contributed by atoms with Crippen LogP contribution in [-0.2, 0) is 4.99 Å². The van der Waals surface area contributed by atoms with Gasteiger partial charge in [-0.25, -0.2) is 16.6 Å². The van der Waals surface area contributed by atoms with Crippen LogP contribution in [0.25, 0.3) is 0 Å². The maximum absolute atomic E-state index is 11.1. The van der Waals surface area contributed by atoms with Crippen molar-refractivity contribution in [1.29, 1.82) is 0 Å². The number of benzene rings is 1. The van der Waals surface area contributed by atoms with E-state index in [-0.39, 0.29) is 17.0 Å². The van der Waals surface area contributed by atoms with E-state index < -0.39 is 5.91 Å². The van der Waals surface area contributed by atoms with Crippen LogP contribution in [-0.4, -0.2) is 16.3 Å². The monoisotopic (exact) mass is 199 g/mol. The molecule has 1 amide bonds. The van der Waals surface area contributed by atoms with Crippen molar-refractivity contribution in [1.82, 2.24) is 5.43 Å². The highest BCUT2D eigenvalue weighted by Gasteiger charge is 2.12. The molecular formula is C7H9N3O4. The van der Waals surface area contributed by atoms with Gasteiger partial charge in [-0.1, -0.05) is 6.07 Å². The Morgan fingerprint density at radius 3 is 2.79 bits per heavy atom. The van der Waals surface area contributed by atoms with Gasteiger partial charge in [0.15, 0.2) is 5.75 Å². The number of hydrazine groups is 1. The van der Waals surface area contributed by atoms with Gasteiger partial charge >= 0.3 is 0 Å². The van der Waals surface area contributed by atoms with Crippen molar-refractivity contribution in [2.45, 2.75) is 0 Å². The molecule has 0 unspecified atom stereocenters. The smallest absolute Gasteiger partial charge is 0.269 e. The third kappa shape index (κ3) is 1.91. The summed E-state index contributed by atoms with van der Waals surface area (Å²) in [7, 11) is 0. The zero-order chi connectivity index (χ0) is 10.6. The summed E-state index contributed by atoms with van der Waals surface area (Å²) in [5, 5.41) is 17.5. The number of rotatable bonds is 3. The molecule has 76 valence electrons. The summed E-state index contributed by atoms with van der Waals surface area (Å²) in [6.07, 6.45) is 0. The Morgan fingerprint density at radius 1 is 1.50 bits per heavy atom. The van der Waals surface area contributed by atoms with E-state index >= 15 is 0 Å². The molecule has 14 heavy (non-hydrogen) atoms. The number of para-hydroxylation sites is 1. The van der Waals surface area contributed by atoms with Gasteiger partial charge in [-0.05, 0) is 12.1 Å². The molecule has 0 aromatic heterocycles. The number of phenolic OH excluding ortho intramolecular Hbond substituents is 1. The normalized spacial score (nSPS) is 9.57. The van der Waals surface area contributed by atoms with Gasteiger partial charge in [0.1, 0.15) is 5.69 Å². The van der Waals surface area contributed by atoms with E-state index in [9.17, 15) is 9.90 Å². The highest BCUT2D eigenvalue weighted by atomic mass is 17.2. The number of nitrogens with one attached hydrogen (secondary N) is 2. The number of carbonyl (C=O) groups is 1. The van der Waals surface area contributed by atoms with Gasteiger partial charge in [-0.2, -0.15) is 0 Å². The van der Waals surface area contributed by atoms with E-state index in [1.165, 1.54) is 18.2 Å². The van der Waals surface area contributed by atoms with Crippen LogP contribution in [0.1, 0.15) is 10.4 Å². The Morgan fingerprint density at radius 2 is 2.21 bits per heavy atom. The molecule has 0 fully saturated rings. The van der Waals surface area contributed by atoms with Crippen LogP contribution in [0.5, 0.6) is 5.75 Å². The summed E-state index contributed by atoms with van der Waals surface area (Å²) < 4.78 is 0. The van der Waals surface area contributed by atoms with Gasteiger partial charge in [0.2, 0.25) is 0 Å². The Hall–Kier alpha value is -1.83. The number of hydrogen-bond donors (Lipinski definition) is 5. The van der Waals surface area contributed by atoms with Gasteiger partial charge in [-0.3, -0.25) is 10.2 Å². The first kappa shape index (κ1) is 10.3. The van der Waals surface area contributed by atoms with Crippen molar-refractivity contribution in [3.05, 3.63) is 23.8 Å². The first-order chi connectivity index (χ1) is 6.70.